The molecule has 1 aromatic rings. The van der Waals surface area contributed by atoms with Gasteiger partial charge in [0.1, 0.15) is 5.75 Å². The van der Waals surface area contributed by atoms with Crippen LogP contribution in [0.1, 0.15) is 6.92 Å². The zero-order chi connectivity index (χ0) is 16.0. The minimum atomic E-state index is -0.206. The van der Waals surface area contributed by atoms with Crippen molar-refractivity contribution in [2.45, 2.75) is 6.92 Å². The van der Waals surface area contributed by atoms with Crippen molar-refractivity contribution in [1.82, 2.24) is 10.2 Å². The normalized spacial score (nSPS) is 12.3. The Kier molecular flexibility index (Phi) is 7.60. The molecule has 0 saturated carbocycles. The van der Waals surface area contributed by atoms with Crippen LogP contribution >= 0.6 is 34.8 Å². The van der Waals surface area contributed by atoms with Gasteiger partial charge >= 0.3 is 0 Å². The highest BCUT2D eigenvalue weighted by molar-refractivity contribution is 6.43. The first kappa shape index (κ1) is 18.4. The summed E-state index contributed by atoms with van der Waals surface area (Å²) in [6, 6.07) is 2.98. The fourth-order valence-corrected chi connectivity index (χ4v) is 2.38. The molecule has 1 amide bonds. The third kappa shape index (κ3) is 6.74. The number of nitrogens with one attached hydrogen (secondary N) is 1. The molecule has 0 aliphatic heterocycles. The van der Waals surface area contributed by atoms with E-state index >= 15 is 0 Å². The molecule has 0 aliphatic carbocycles. The third-order valence-electron chi connectivity index (χ3n) is 2.66. The Labute approximate surface area is 140 Å². The molecule has 1 aromatic carbocycles. The van der Waals surface area contributed by atoms with E-state index in [-0.39, 0.29) is 12.5 Å². The van der Waals surface area contributed by atoms with Crippen LogP contribution in [0.25, 0.3) is 0 Å². The standard InChI is InChI=1S/C14H19Cl3N2O2/c1-9(7-19(2)3)6-18-14(20)8-21-13-5-11(16)10(15)4-12(13)17/h4-5,9H,6-8H2,1-3H3,(H,18,20)/t9-/m1/s1. The first-order valence-corrected chi connectivity index (χ1v) is 7.61. The molecule has 0 radical (unpaired) electrons. The Balaban J connectivity index is 2.41. The minimum Gasteiger partial charge on any atom is -0.482 e. The van der Waals surface area contributed by atoms with Crippen molar-refractivity contribution in [2.24, 2.45) is 5.92 Å². The Hall–Kier alpha value is -0.680. The summed E-state index contributed by atoms with van der Waals surface area (Å²) in [6.45, 7) is 3.44. The van der Waals surface area contributed by atoms with E-state index in [2.05, 4.69) is 17.1 Å². The fraction of sp³-hybridized carbons (Fsp3) is 0.500. The zero-order valence-electron chi connectivity index (χ0n) is 12.3. The van der Waals surface area contributed by atoms with Gasteiger partial charge in [-0.15, -0.1) is 0 Å². The number of amides is 1. The summed E-state index contributed by atoms with van der Waals surface area (Å²) >= 11 is 17.7. The maximum absolute atomic E-state index is 11.7. The van der Waals surface area contributed by atoms with Crippen LogP contribution in [0.15, 0.2) is 12.1 Å². The molecule has 0 aromatic heterocycles. The van der Waals surface area contributed by atoms with Gasteiger partial charge in [0.15, 0.2) is 6.61 Å². The van der Waals surface area contributed by atoms with Crippen LogP contribution in [-0.4, -0.2) is 44.6 Å². The molecule has 0 aliphatic rings. The van der Waals surface area contributed by atoms with Gasteiger partial charge in [-0.2, -0.15) is 0 Å². The molecule has 0 unspecified atom stereocenters. The number of carbonyl (C=O) groups excluding carboxylic acids is 1. The molecule has 0 fully saturated rings. The molecule has 0 bridgehead atoms. The summed E-state index contributed by atoms with van der Waals surface area (Å²) in [5, 5.41) is 3.80. The maximum atomic E-state index is 11.7. The first-order chi connectivity index (χ1) is 9.79. The molecular formula is C14H19Cl3N2O2. The summed E-state index contributed by atoms with van der Waals surface area (Å²) in [6.07, 6.45) is 0. The number of hydrogen-bond donors (Lipinski definition) is 1. The van der Waals surface area contributed by atoms with Gasteiger partial charge in [0.25, 0.3) is 5.91 Å². The molecule has 0 spiro atoms. The Morgan fingerprint density at radius 3 is 2.48 bits per heavy atom. The van der Waals surface area contributed by atoms with E-state index in [1.807, 2.05) is 14.1 Å². The highest BCUT2D eigenvalue weighted by Crippen LogP contribution is 2.33. The van der Waals surface area contributed by atoms with Crippen LogP contribution in [0, 0.1) is 5.92 Å². The van der Waals surface area contributed by atoms with E-state index in [0.717, 1.165) is 6.54 Å². The number of halogens is 3. The van der Waals surface area contributed by atoms with Gasteiger partial charge in [-0.1, -0.05) is 41.7 Å². The number of ether oxygens (including phenoxy) is 1. The average Bonchev–Trinajstić information content (AvgIpc) is 2.38. The first-order valence-electron chi connectivity index (χ1n) is 6.48. The van der Waals surface area contributed by atoms with Gasteiger partial charge in [0.05, 0.1) is 15.1 Å². The van der Waals surface area contributed by atoms with Gasteiger partial charge in [-0.05, 0) is 26.1 Å². The van der Waals surface area contributed by atoms with Crippen molar-refractivity contribution in [3.63, 3.8) is 0 Å². The molecule has 1 rings (SSSR count). The van der Waals surface area contributed by atoms with Crippen molar-refractivity contribution in [1.29, 1.82) is 0 Å². The minimum absolute atomic E-state index is 0.119. The molecule has 1 atom stereocenters. The number of rotatable bonds is 7. The predicted octanol–water partition coefficient (Wildman–Crippen LogP) is 3.34. The SMILES string of the molecule is C[C@H](CNC(=O)COc1cc(Cl)c(Cl)cc1Cl)CN(C)C. The number of carbonyl (C=O) groups is 1. The Morgan fingerprint density at radius 1 is 1.24 bits per heavy atom. The van der Waals surface area contributed by atoms with Crippen molar-refractivity contribution in [3.05, 3.63) is 27.2 Å². The van der Waals surface area contributed by atoms with Crippen LogP contribution in [0.4, 0.5) is 0 Å². The highest BCUT2D eigenvalue weighted by atomic mass is 35.5. The fourth-order valence-electron chi connectivity index (χ4n) is 1.79. The molecule has 4 nitrogen and oxygen atoms in total. The quantitative estimate of drug-likeness (QED) is 0.764. The van der Waals surface area contributed by atoms with Crippen LogP contribution in [0.5, 0.6) is 5.75 Å². The van der Waals surface area contributed by atoms with E-state index in [4.69, 9.17) is 39.5 Å². The topological polar surface area (TPSA) is 41.6 Å². The monoisotopic (exact) mass is 352 g/mol. The van der Waals surface area contributed by atoms with Crippen LogP contribution in [0.2, 0.25) is 15.1 Å². The van der Waals surface area contributed by atoms with Crippen molar-refractivity contribution < 1.29 is 9.53 Å². The van der Waals surface area contributed by atoms with Crippen LogP contribution in [-0.2, 0) is 4.79 Å². The summed E-state index contributed by atoms with van der Waals surface area (Å²) in [5.74, 6) is 0.489. The second kappa shape index (κ2) is 8.69. The lowest BCUT2D eigenvalue weighted by atomic mass is 10.2. The van der Waals surface area contributed by atoms with E-state index in [0.29, 0.717) is 33.3 Å². The van der Waals surface area contributed by atoms with Gasteiger partial charge < -0.3 is 15.0 Å². The molecule has 7 heteroatoms. The molecule has 118 valence electrons. The lowest BCUT2D eigenvalue weighted by Gasteiger charge is -2.17. The van der Waals surface area contributed by atoms with E-state index < -0.39 is 0 Å². The van der Waals surface area contributed by atoms with Gasteiger partial charge in [-0.25, -0.2) is 0 Å². The average molecular weight is 354 g/mol. The molecule has 0 heterocycles. The van der Waals surface area contributed by atoms with Gasteiger partial charge in [-0.3, -0.25) is 4.79 Å². The smallest absolute Gasteiger partial charge is 0.257 e. The Morgan fingerprint density at radius 2 is 1.86 bits per heavy atom. The maximum Gasteiger partial charge on any atom is 0.257 e. The van der Waals surface area contributed by atoms with Crippen LogP contribution < -0.4 is 10.1 Å². The van der Waals surface area contributed by atoms with Crippen molar-refractivity contribution in [2.75, 3.05) is 33.8 Å². The largest absolute Gasteiger partial charge is 0.482 e. The number of hydrogen-bond acceptors (Lipinski definition) is 3. The molecule has 0 saturated heterocycles. The van der Waals surface area contributed by atoms with Crippen molar-refractivity contribution in [3.8, 4) is 5.75 Å². The summed E-state index contributed by atoms with van der Waals surface area (Å²) in [7, 11) is 3.99. The summed E-state index contributed by atoms with van der Waals surface area (Å²) in [4.78, 5) is 13.8. The molecule has 21 heavy (non-hydrogen) atoms. The predicted molar refractivity (Wildman–Crippen MR) is 87.7 cm³/mol. The highest BCUT2D eigenvalue weighted by Gasteiger charge is 2.10. The number of benzene rings is 1. The lowest BCUT2D eigenvalue weighted by molar-refractivity contribution is -0.123. The second-order valence-electron chi connectivity index (χ2n) is 5.16. The zero-order valence-corrected chi connectivity index (χ0v) is 14.5. The van der Waals surface area contributed by atoms with Crippen LogP contribution in [0.3, 0.4) is 0 Å². The third-order valence-corrected chi connectivity index (χ3v) is 3.68. The Bertz CT molecular complexity index is 495. The number of nitrogens with zero attached hydrogens (tertiary/aromatic N) is 1. The van der Waals surface area contributed by atoms with E-state index in [1.54, 1.807) is 0 Å². The van der Waals surface area contributed by atoms with Crippen molar-refractivity contribution >= 4 is 40.7 Å². The second-order valence-corrected chi connectivity index (χ2v) is 6.38. The lowest BCUT2D eigenvalue weighted by Crippen LogP contribution is -2.35. The summed E-state index contributed by atoms with van der Waals surface area (Å²) < 4.78 is 5.35. The van der Waals surface area contributed by atoms with E-state index in [9.17, 15) is 4.79 Å². The molecular weight excluding hydrogens is 335 g/mol. The molecule has 1 N–H and O–H groups in total. The van der Waals surface area contributed by atoms with E-state index in [1.165, 1.54) is 12.1 Å². The van der Waals surface area contributed by atoms with Gasteiger partial charge in [0.2, 0.25) is 0 Å². The van der Waals surface area contributed by atoms with Gasteiger partial charge in [0, 0.05) is 19.2 Å². The summed E-state index contributed by atoms with van der Waals surface area (Å²) in [5.41, 5.74) is 0.